The molecule has 70 valence electrons. The van der Waals surface area contributed by atoms with Crippen LogP contribution in [-0.2, 0) is 6.42 Å². The Bertz CT molecular complexity index is 334. The molecule has 1 aromatic heterocycles. The topological polar surface area (TPSA) is 28.1 Å². The first-order valence-corrected chi connectivity index (χ1v) is 4.93. The van der Waals surface area contributed by atoms with Crippen molar-refractivity contribution in [2.75, 3.05) is 0 Å². The third-order valence-electron chi connectivity index (χ3n) is 2.51. The molecule has 1 aromatic rings. The molecule has 2 nitrogen and oxygen atoms in total. The highest BCUT2D eigenvalue weighted by molar-refractivity contribution is 6.03. The lowest BCUT2D eigenvalue weighted by molar-refractivity contribution is 0.697. The van der Waals surface area contributed by atoms with Crippen molar-refractivity contribution in [3.8, 4) is 0 Å². The summed E-state index contributed by atoms with van der Waals surface area (Å²) in [6, 6.07) is 2.57. The standard InChI is InChI=1S/C11H16N2/c1-7(2)11-9-4-5-12-10(9)6-8(3)13-11/h4-5,7-8,12H,6H2,1-3H3. The monoisotopic (exact) mass is 176 g/mol. The average molecular weight is 176 g/mol. The fourth-order valence-electron chi connectivity index (χ4n) is 1.92. The highest BCUT2D eigenvalue weighted by Gasteiger charge is 2.20. The van der Waals surface area contributed by atoms with Crippen LogP contribution in [0.5, 0.6) is 0 Å². The molecular formula is C11H16N2. The van der Waals surface area contributed by atoms with Crippen LogP contribution in [0.25, 0.3) is 0 Å². The first-order valence-electron chi connectivity index (χ1n) is 4.93. The number of rotatable bonds is 1. The second kappa shape index (κ2) is 3.02. The van der Waals surface area contributed by atoms with Crippen molar-refractivity contribution in [2.45, 2.75) is 33.2 Å². The zero-order chi connectivity index (χ0) is 9.42. The van der Waals surface area contributed by atoms with Gasteiger partial charge in [-0.3, -0.25) is 4.99 Å². The van der Waals surface area contributed by atoms with Gasteiger partial charge >= 0.3 is 0 Å². The van der Waals surface area contributed by atoms with E-state index in [9.17, 15) is 0 Å². The van der Waals surface area contributed by atoms with Crippen LogP contribution in [0.4, 0.5) is 0 Å². The molecule has 0 radical (unpaired) electrons. The highest BCUT2D eigenvalue weighted by Crippen LogP contribution is 2.21. The number of nitrogens with zero attached hydrogens (tertiary/aromatic N) is 1. The van der Waals surface area contributed by atoms with E-state index in [0.717, 1.165) is 6.42 Å². The number of fused-ring (bicyclic) bond motifs is 1. The van der Waals surface area contributed by atoms with Crippen molar-refractivity contribution >= 4 is 5.71 Å². The fraction of sp³-hybridized carbons (Fsp3) is 0.545. The molecule has 2 heteroatoms. The van der Waals surface area contributed by atoms with Crippen molar-refractivity contribution in [2.24, 2.45) is 10.9 Å². The molecule has 2 rings (SSSR count). The Morgan fingerprint density at radius 3 is 3.00 bits per heavy atom. The third-order valence-corrected chi connectivity index (χ3v) is 2.51. The summed E-state index contributed by atoms with van der Waals surface area (Å²) < 4.78 is 0. The molecule has 1 atom stereocenters. The highest BCUT2D eigenvalue weighted by atomic mass is 14.8. The van der Waals surface area contributed by atoms with Crippen LogP contribution in [0.1, 0.15) is 32.0 Å². The van der Waals surface area contributed by atoms with Gasteiger partial charge in [-0.25, -0.2) is 0 Å². The average Bonchev–Trinajstić information content (AvgIpc) is 2.49. The predicted molar refractivity (Wildman–Crippen MR) is 55.3 cm³/mol. The van der Waals surface area contributed by atoms with Crippen molar-refractivity contribution in [1.82, 2.24) is 4.98 Å². The van der Waals surface area contributed by atoms with Gasteiger partial charge in [-0.05, 0) is 18.9 Å². The summed E-state index contributed by atoms with van der Waals surface area (Å²) in [4.78, 5) is 7.98. The number of aliphatic imine (C=N–C) groups is 1. The van der Waals surface area contributed by atoms with Crippen molar-refractivity contribution < 1.29 is 0 Å². The van der Waals surface area contributed by atoms with Gasteiger partial charge in [0.25, 0.3) is 0 Å². The summed E-state index contributed by atoms with van der Waals surface area (Å²) in [5.41, 5.74) is 3.94. The number of hydrogen-bond acceptors (Lipinski definition) is 1. The molecule has 1 aliphatic heterocycles. The van der Waals surface area contributed by atoms with Gasteiger partial charge in [0, 0.05) is 29.6 Å². The summed E-state index contributed by atoms with van der Waals surface area (Å²) in [5, 5.41) is 0. The Morgan fingerprint density at radius 2 is 2.31 bits per heavy atom. The number of H-pyrrole nitrogens is 1. The van der Waals surface area contributed by atoms with Crippen molar-refractivity contribution in [1.29, 1.82) is 0 Å². The van der Waals surface area contributed by atoms with Gasteiger partial charge in [0.2, 0.25) is 0 Å². The molecule has 0 saturated carbocycles. The van der Waals surface area contributed by atoms with Crippen LogP contribution in [0.15, 0.2) is 17.3 Å². The Balaban J connectivity index is 2.45. The molecule has 0 aliphatic carbocycles. The molecule has 1 aliphatic rings. The van der Waals surface area contributed by atoms with Crippen LogP contribution >= 0.6 is 0 Å². The molecule has 0 bridgehead atoms. The maximum Gasteiger partial charge on any atom is 0.0529 e. The molecular weight excluding hydrogens is 160 g/mol. The molecule has 13 heavy (non-hydrogen) atoms. The summed E-state index contributed by atoms with van der Waals surface area (Å²) in [6.07, 6.45) is 3.07. The van der Waals surface area contributed by atoms with E-state index >= 15 is 0 Å². The summed E-state index contributed by atoms with van der Waals surface area (Å²) in [7, 11) is 0. The molecule has 0 spiro atoms. The Hall–Kier alpha value is -1.05. The van der Waals surface area contributed by atoms with Crippen LogP contribution in [0, 0.1) is 5.92 Å². The van der Waals surface area contributed by atoms with Gasteiger partial charge in [-0.1, -0.05) is 13.8 Å². The first-order chi connectivity index (χ1) is 6.18. The normalized spacial score (nSPS) is 21.5. The Labute approximate surface area is 79.1 Å². The second-order valence-electron chi connectivity index (χ2n) is 4.09. The van der Waals surface area contributed by atoms with E-state index in [1.165, 1.54) is 17.0 Å². The van der Waals surface area contributed by atoms with E-state index in [0.29, 0.717) is 12.0 Å². The predicted octanol–water partition coefficient (Wildman–Crippen LogP) is 2.40. The van der Waals surface area contributed by atoms with Gasteiger partial charge < -0.3 is 4.98 Å². The zero-order valence-corrected chi connectivity index (χ0v) is 8.46. The van der Waals surface area contributed by atoms with Gasteiger partial charge in [-0.15, -0.1) is 0 Å². The van der Waals surface area contributed by atoms with Crippen LogP contribution in [0.2, 0.25) is 0 Å². The maximum absolute atomic E-state index is 4.69. The number of aromatic amines is 1. The summed E-state index contributed by atoms with van der Waals surface area (Å²) in [5.74, 6) is 0.525. The Morgan fingerprint density at radius 1 is 1.54 bits per heavy atom. The molecule has 2 heterocycles. The first kappa shape index (κ1) is 8.54. The SMILES string of the molecule is CC1Cc2[nH]ccc2C(C(C)C)=N1. The minimum absolute atomic E-state index is 0.434. The molecule has 0 aromatic carbocycles. The van der Waals surface area contributed by atoms with E-state index in [-0.39, 0.29) is 0 Å². The molecule has 0 amide bonds. The molecule has 1 unspecified atom stereocenters. The van der Waals surface area contributed by atoms with Gasteiger partial charge in [-0.2, -0.15) is 0 Å². The largest absolute Gasteiger partial charge is 0.364 e. The van der Waals surface area contributed by atoms with E-state index in [1.807, 2.05) is 6.20 Å². The summed E-state index contributed by atoms with van der Waals surface area (Å²) >= 11 is 0. The fourth-order valence-corrected chi connectivity index (χ4v) is 1.92. The lowest BCUT2D eigenvalue weighted by atomic mass is 9.94. The number of nitrogens with one attached hydrogen (secondary N) is 1. The van der Waals surface area contributed by atoms with Crippen LogP contribution < -0.4 is 0 Å². The minimum atomic E-state index is 0.434. The van der Waals surface area contributed by atoms with Crippen LogP contribution in [-0.4, -0.2) is 16.7 Å². The quantitative estimate of drug-likeness (QED) is 0.680. The van der Waals surface area contributed by atoms with Crippen molar-refractivity contribution in [3.05, 3.63) is 23.5 Å². The Kier molecular flexibility index (Phi) is 1.98. The lowest BCUT2D eigenvalue weighted by Crippen LogP contribution is -2.21. The van der Waals surface area contributed by atoms with E-state index in [4.69, 9.17) is 4.99 Å². The second-order valence-corrected chi connectivity index (χ2v) is 4.09. The lowest BCUT2D eigenvalue weighted by Gasteiger charge is -2.20. The number of aromatic nitrogens is 1. The van der Waals surface area contributed by atoms with E-state index in [2.05, 4.69) is 31.8 Å². The number of hydrogen-bond donors (Lipinski definition) is 1. The smallest absolute Gasteiger partial charge is 0.0529 e. The minimum Gasteiger partial charge on any atom is -0.364 e. The summed E-state index contributed by atoms with van der Waals surface area (Å²) in [6.45, 7) is 6.58. The van der Waals surface area contributed by atoms with Gasteiger partial charge in [0.05, 0.1) is 6.04 Å². The molecule has 0 fully saturated rings. The van der Waals surface area contributed by atoms with E-state index in [1.54, 1.807) is 0 Å². The van der Waals surface area contributed by atoms with E-state index < -0.39 is 0 Å². The van der Waals surface area contributed by atoms with Gasteiger partial charge in [0.1, 0.15) is 0 Å². The van der Waals surface area contributed by atoms with Crippen LogP contribution in [0.3, 0.4) is 0 Å². The third kappa shape index (κ3) is 1.41. The molecule has 0 saturated heterocycles. The maximum atomic E-state index is 4.69. The van der Waals surface area contributed by atoms with Crippen molar-refractivity contribution in [3.63, 3.8) is 0 Å². The molecule has 1 N–H and O–H groups in total. The zero-order valence-electron chi connectivity index (χ0n) is 8.46. The van der Waals surface area contributed by atoms with Gasteiger partial charge in [0.15, 0.2) is 0 Å².